The van der Waals surface area contributed by atoms with Gasteiger partial charge in [0.2, 0.25) is 13.6 Å². The van der Waals surface area contributed by atoms with Crippen LogP contribution < -0.4 is 4.74 Å². The number of esters is 2. The molecule has 0 aliphatic heterocycles. The van der Waals surface area contributed by atoms with Crippen LogP contribution in [0.4, 0.5) is 0 Å². The average Bonchev–Trinajstić information content (AvgIpc) is 2.99. The van der Waals surface area contributed by atoms with Crippen LogP contribution in [0.2, 0.25) is 0 Å². The molecular formula is C34H49O11PS. The minimum Gasteiger partial charge on any atom is -0.457 e. The van der Waals surface area contributed by atoms with Crippen molar-refractivity contribution >= 4 is 29.7 Å². The second-order valence-electron chi connectivity index (χ2n) is 13.7. The van der Waals surface area contributed by atoms with Crippen LogP contribution in [0.1, 0.15) is 92.1 Å². The Morgan fingerprint density at radius 1 is 0.809 bits per heavy atom. The van der Waals surface area contributed by atoms with Gasteiger partial charge in [0.15, 0.2) is 4.99 Å². The molecule has 1 aliphatic rings. The maximum atomic E-state index is 14.5. The molecule has 1 fully saturated rings. The molecule has 0 unspecified atom stereocenters. The van der Waals surface area contributed by atoms with Crippen LogP contribution in [0.15, 0.2) is 54.6 Å². The van der Waals surface area contributed by atoms with Crippen molar-refractivity contribution in [1.29, 1.82) is 0 Å². The van der Waals surface area contributed by atoms with Crippen LogP contribution in [0.5, 0.6) is 11.5 Å². The Kier molecular flexibility index (Phi) is 14.0. The second-order valence-corrected chi connectivity index (χ2v) is 18.0. The van der Waals surface area contributed by atoms with Crippen molar-refractivity contribution in [3.8, 4) is 11.5 Å². The van der Waals surface area contributed by atoms with Gasteiger partial charge in [-0.05, 0) is 103 Å². The van der Waals surface area contributed by atoms with E-state index in [0.717, 1.165) is 24.8 Å². The maximum absolute atomic E-state index is 14.5. The molecule has 0 heterocycles. The Bertz CT molecular complexity index is 1420. The Hall–Kier alpha value is -2.76. The zero-order valence-corrected chi connectivity index (χ0v) is 30.0. The van der Waals surface area contributed by atoms with Gasteiger partial charge >= 0.3 is 19.5 Å². The molecule has 2 aromatic carbocycles. The molecule has 0 amide bonds. The fraction of sp³-hybridized carbons (Fsp3) is 0.588. The van der Waals surface area contributed by atoms with E-state index in [1.807, 2.05) is 54.6 Å². The van der Waals surface area contributed by atoms with Crippen molar-refractivity contribution in [2.75, 3.05) is 13.6 Å². The topological polar surface area (TPSA) is 141 Å². The first kappa shape index (κ1) is 38.7. The summed E-state index contributed by atoms with van der Waals surface area (Å²) in [7, 11) is -9.26. The lowest BCUT2D eigenvalue weighted by Crippen LogP contribution is -2.32. The molecule has 11 nitrogen and oxygen atoms in total. The summed E-state index contributed by atoms with van der Waals surface area (Å²) < 4.78 is 75.1. The lowest BCUT2D eigenvalue weighted by atomic mass is 9.98. The van der Waals surface area contributed by atoms with E-state index < -0.39 is 65.2 Å². The molecule has 0 saturated heterocycles. The monoisotopic (exact) mass is 696 g/mol. The molecule has 0 bridgehead atoms. The first-order valence-corrected chi connectivity index (χ1v) is 19.1. The first-order chi connectivity index (χ1) is 22.0. The molecule has 0 radical (unpaired) electrons. The van der Waals surface area contributed by atoms with E-state index in [4.69, 9.17) is 27.4 Å². The van der Waals surface area contributed by atoms with Gasteiger partial charge in [0.1, 0.15) is 11.5 Å². The van der Waals surface area contributed by atoms with E-state index in [0.29, 0.717) is 30.8 Å². The number of carbonyl (C=O) groups excluding carboxylic acids is 2. The molecule has 1 saturated carbocycles. The first-order valence-electron chi connectivity index (χ1n) is 16.0. The largest absolute Gasteiger partial charge is 0.457 e. The Morgan fingerprint density at radius 3 is 1.91 bits per heavy atom. The smallest absolute Gasteiger partial charge is 0.357 e. The van der Waals surface area contributed by atoms with E-state index >= 15 is 0 Å². The lowest BCUT2D eigenvalue weighted by Gasteiger charge is -2.29. The number of aryl methyl sites for hydroxylation is 1. The Morgan fingerprint density at radius 2 is 1.36 bits per heavy atom. The summed E-state index contributed by atoms with van der Waals surface area (Å²) in [6.07, 6.45) is 3.55. The molecule has 0 aromatic heterocycles. The summed E-state index contributed by atoms with van der Waals surface area (Å²) in [5.41, 5.74) is -0.937. The third-order valence-electron chi connectivity index (χ3n) is 7.37. The average molecular weight is 697 g/mol. The highest BCUT2D eigenvalue weighted by molar-refractivity contribution is 7.94. The van der Waals surface area contributed by atoms with Gasteiger partial charge in [-0.1, -0.05) is 49.6 Å². The highest BCUT2D eigenvalue weighted by atomic mass is 32.2. The van der Waals surface area contributed by atoms with Gasteiger partial charge in [-0.25, -0.2) is 0 Å². The SMILES string of the molecule is CC(C)(C)C(=O)OCOP(=O)(OCOC(=O)C(C)(C)C)[C@H](CCCc1cccc(Oc2ccccc2)c1)S(=O)(=O)OC1CCCCC1. The van der Waals surface area contributed by atoms with E-state index in [1.165, 1.54) is 0 Å². The number of ether oxygens (including phenoxy) is 3. The van der Waals surface area contributed by atoms with Gasteiger partial charge < -0.3 is 14.2 Å². The summed E-state index contributed by atoms with van der Waals surface area (Å²) in [5.74, 6) is -0.0280. The van der Waals surface area contributed by atoms with Crippen LogP contribution in [-0.2, 0) is 53.4 Å². The predicted molar refractivity (Wildman–Crippen MR) is 177 cm³/mol. The highest BCUT2D eigenvalue weighted by Crippen LogP contribution is 2.57. The molecule has 0 spiro atoms. The molecule has 1 aliphatic carbocycles. The predicted octanol–water partition coefficient (Wildman–Crippen LogP) is 8.13. The molecular weight excluding hydrogens is 647 g/mol. The zero-order chi connectivity index (χ0) is 34.7. The van der Waals surface area contributed by atoms with Crippen molar-refractivity contribution in [2.24, 2.45) is 10.8 Å². The molecule has 2 aromatic rings. The fourth-order valence-corrected chi connectivity index (χ4v) is 8.93. The Balaban J connectivity index is 1.85. The summed E-state index contributed by atoms with van der Waals surface area (Å²) in [5, 5.41) is 0. The normalized spacial score (nSPS) is 15.5. The quantitative estimate of drug-likeness (QED) is 0.0727. The molecule has 47 heavy (non-hydrogen) atoms. The molecule has 13 heteroatoms. The summed E-state index contributed by atoms with van der Waals surface area (Å²) in [4.78, 5) is 23.0. The third-order valence-corrected chi connectivity index (χ3v) is 12.3. The lowest BCUT2D eigenvalue weighted by molar-refractivity contribution is -0.162. The number of benzene rings is 2. The number of rotatable bonds is 16. The van der Waals surface area contributed by atoms with Gasteiger partial charge in [-0.3, -0.25) is 27.4 Å². The Labute approximate surface area is 279 Å². The minimum absolute atomic E-state index is 0.184. The second kappa shape index (κ2) is 17.1. The number of para-hydroxylation sites is 1. The number of hydrogen-bond acceptors (Lipinski definition) is 11. The molecule has 262 valence electrons. The summed E-state index contributed by atoms with van der Waals surface area (Å²) in [6.45, 7) is 8.09. The summed E-state index contributed by atoms with van der Waals surface area (Å²) in [6, 6.07) is 16.7. The number of hydrogen-bond donors (Lipinski definition) is 0. The fourth-order valence-electron chi connectivity index (χ4n) is 4.69. The molecule has 0 N–H and O–H groups in total. The molecule has 3 rings (SSSR count). The van der Waals surface area contributed by atoms with Crippen LogP contribution in [0.25, 0.3) is 0 Å². The van der Waals surface area contributed by atoms with Crippen molar-refractivity contribution in [3.05, 3.63) is 60.2 Å². The van der Waals surface area contributed by atoms with Crippen molar-refractivity contribution in [2.45, 2.75) is 104 Å². The van der Waals surface area contributed by atoms with Crippen LogP contribution in [0, 0.1) is 10.8 Å². The standard InChI is InChI=1S/C34H49O11PS/c1-33(2,3)31(35)40-24-42-46(37,43-25-41-32(36)34(4,5)6)30(47(38,39)45-28-19-11-8-12-20-28)22-14-16-26-15-13-21-29(23-26)44-27-17-9-7-10-18-27/h7,9-10,13,15,17-18,21,23,28,30H,8,11-12,14,16,19-20,22,24-25H2,1-6H3/t30-/m0/s1. The van der Waals surface area contributed by atoms with E-state index in [-0.39, 0.29) is 12.8 Å². The van der Waals surface area contributed by atoms with Crippen molar-refractivity contribution < 1.29 is 50.0 Å². The highest BCUT2D eigenvalue weighted by Gasteiger charge is 2.48. The summed E-state index contributed by atoms with van der Waals surface area (Å²) >= 11 is 0. The van der Waals surface area contributed by atoms with E-state index in [2.05, 4.69) is 0 Å². The minimum atomic E-state index is -4.70. The number of carbonyl (C=O) groups is 2. The zero-order valence-electron chi connectivity index (χ0n) is 28.3. The van der Waals surface area contributed by atoms with Crippen molar-refractivity contribution in [3.63, 3.8) is 0 Å². The molecule has 1 atom stereocenters. The van der Waals surface area contributed by atoms with Gasteiger partial charge in [0.05, 0.1) is 16.9 Å². The van der Waals surface area contributed by atoms with Crippen LogP contribution >= 0.6 is 7.60 Å². The van der Waals surface area contributed by atoms with E-state index in [9.17, 15) is 22.6 Å². The maximum Gasteiger partial charge on any atom is 0.357 e. The third kappa shape index (κ3) is 12.7. The van der Waals surface area contributed by atoms with Gasteiger partial charge in [0, 0.05) is 0 Å². The van der Waals surface area contributed by atoms with Crippen molar-refractivity contribution in [1.82, 2.24) is 0 Å². The van der Waals surface area contributed by atoms with Gasteiger partial charge in [-0.15, -0.1) is 0 Å². The van der Waals surface area contributed by atoms with Crippen LogP contribution in [-0.4, -0.2) is 45.0 Å². The van der Waals surface area contributed by atoms with Gasteiger partial charge in [0.25, 0.3) is 10.1 Å². The van der Waals surface area contributed by atoms with Crippen LogP contribution in [0.3, 0.4) is 0 Å². The van der Waals surface area contributed by atoms with Gasteiger partial charge in [-0.2, -0.15) is 8.42 Å². The van der Waals surface area contributed by atoms with E-state index in [1.54, 1.807) is 41.5 Å².